The highest BCUT2D eigenvalue weighted by Crippen LogP contribution is 2.37. The van der Waals surface area contributed by atoms with Gasteiger partial charge in [0.15, 0.2) is 6.61 Å². The Hall–Kier alpha value is -1.45. The number of carbonyl (C=O) groups is 1. The van der Waals surface area contributed by atoms with E-state index in [2.05, 4.69) is 13.8 Å². The van der Waals surface area contributed by atoms with Gasteiger partial charge in [-0.2, -0.15) is 8.78 Å². The van der Waals surface area contributed by atoms with E-state index in [9.17, 15) is 13.6 Å². The Kier molecular flexibility index (Phi) is 6.54. The van der Waals surface area contributed by atoms with E-state index in [1.807, 2.05) is 12.1 Å². The van der Waals surface area contributed by atoms with E-state index in [0.29, 0.717) is 11.8 Å². The van der Waals surface area contributed by atoms with Gasteiger partial charge >= 0.3 is 11.9 Å². The van der Waals surface area contributed by atoms with Gasteiger partial charge < -0.3 is 4.74 Å². The molecule has 0 radical (unpaired) electrons. The molecule has 2 fully saturated rings. The molecule has 0 saturated heterocycles. The van der Waals surface area contributed by atoms with Gasteiger partial charge in [0.05, 0.1) is 5.92 Å². The van der Waals surface area contributed by atoms with Crippen LogP contribution in [0.4, 0.5) is 8.78 Å². The zero-order valence-electron chi connectivity index (χ0n) is 16.6. The Balaban J connectivity index is 1.54. The molecule has 0 amide bonds. The molecule has 4 heteroatoms. The first-order valence-corrected chi connectivity index (χ1v) is 10.5. The highest BCUT2D eigenvalue weighted by atomic mass is 19.3. The van der Waals surface area contributed by atoms with Crippen LogP contribution < -0.4 is 0 Å². The number of hydrogen-bond donors (Lipinski definition) is 0. The molecule has 1 aromatic rings. The molecule has 0 spiro atoms. The number of ether oxygens (including phenoxy) is 1. The quantitative estimate of drug-likeness (QED) is 0.551. The molecule has 150 valence electrons. The summed E-state index contributed by atoms with van der Waals surface area (Å²) >= 11 is 0. The van der Waals surface area contributed by atoms with Crippen LogP contribution in [0.5, 0.6) is 0 Å². The highest BCUT2D eigenvalue weighted by Gasteiger charge is 2.35. The van der Waals surface area contributed by atoms with Crippen LogP contribution in [-0.4, -0.2) is 12.6 Å². The van der Waals surface area contributed by atoms with Crippen LogP contribution in [0.2, 0.25) is 0 Å². The molecule has 2 aliphatic rings. The first kappa shape index (κ1) is 20.3. The maximum Gasteiger partial charge on any atom is 0.309 e. The maximum atomic E-state index is 14.5. The zero-order valence-corrected chi connectivity index (χ0v) is 16.6. The fourth-order valence-electron chi connectivity index (χ4n) is 4.45. The monoisotopic (exact) mass is 378 g/mol. The number of benzene rings is 1. The molecule has 2 saturated carbocycles. The normalized spacial score (nSPS) is 29.3. The van der Waals surface area contributed by atoms with Gasteiger partial charge in [-0.05, 0) is 61.8 Å². The van der Waals surface area contributed by atoms with Crippen molar-refractivity contribution in [2.45, 2.75) is 77.1 Å². The zero-order chi connectivity index (χ0) is 19.4. The number of rotatable bonds is 5. The summed E-state index contributed by atoms with van der Waals surface area (Å²) < 4.78 is 34.0. The summed E-state index contributed by atoms with van der Waals surface area (Å²) in [5.41, 5.74) is 1.08. The summed E-state index contributed by atoms with van der Waals surface area (Å²) in [6, 6.07) is 6.66. The molecule has 3 rings (SSSR count). The van der Waals surface area contributed by atoms with Gasteiger partial charge in [0.1, 0.15) is 0 Å². The lowest BCUT2D eigenvalue weighted by atomic mass is 9.79. The average Bonchev–Trinajstić information content (AvgIpc) is 2.67. The Morgan fingerprint density at radius 3 is 2.00 bits per heavy atom. The molecule has 2 nitrogen and oxygen atoms in total. The summed E-state index contributed by atoms with van der Waals surface area (Å²) in [6.07, 6.45) is 8.12. The smallest absolute Gasteiger partial charge is 0.309 e. The Bertz CT molecular complexity index is 610. The van der Waals surface area contributed by atoms with Crippen molar-refractivity contribution in [1.82, 2.24) is 0 Å². The van der Waals surface area contributed by atoms with Crippen LogP contribution in [0.25, 0.3) is 0 Å². The molecule has 0 atom stereocenters. The Morgan fingerprint density at radius 1 is 0.926 bits per heavy atom. The van der Waals surface area contributed by atoms with E-state index in [0.717, 1.165) is 50.0 Å². The number of esters is 1. The van der Waals surface area contributed by atoms with Crippen molar-refractivity contribution < 1.29 is 18.3 Å². The molecular formula is C23H32F2O2. The minimum Gasteiger partial charge on any atom is -0.459 e. The van der Waals surface area contributed by atoms with Gasteiger partial charge in [-0.1, -0.05) is 51.0 Å². The second-order valence-electron chi connectivity index (χ2n) is 8.85. The fraction of sp³-hybridized carbons (Fsp3) is 0.696. The molecule has 0 N–H and O–H groups in total. The number of hydrogen-bond acceptors (Lipinski definition) is 2. The van der Waals surface area contributed by atoms with Crippen molar-refractivity contribution in [3.8, 4) is 0 Å². The fourth-order valence-corrected chi connectivity index (χ4v) is 4.45. The number of halogens is 2. The molecule has 27 heavy (non-hydrogen) atoms. The highest BCUT2D eigenvalue weighted by molar-refractivity contribution is 5.72. The third-order valence-electron chi connectivity index (χ3n) is 6.57. The second-order valence-corrected chi connectivity index (χ2v) is 8.85. The van der Waals surface area contributed by atoms with E-state index in [4.69, 9.17) is 4.74 Å². The average molecular weight is 379 g/mol. The lowest BCUT2D eigenvalue weighted by molar-refractivity contribution is -0.162. The molecule has 0 aliphatic heterocycles. The predicted octanol–water partition coefficient (Wildman–Crippen LogP) is 6.44. The molecular weight excluding hydrogens is 346 g/mol. The molecule has 0 bridgehead atoms. The van der Waals surface area contributed by atoms with Crippen LogP contribution in [0.3, 0.4) is 0 Å². The van der Waals surface area contributed by atoms with Crippen molar-refractivity contribution in [3.05, 3.63) is 35.4 Å². The van der Waals surface area contributed by atoms with E-state index < -0.39 is 18.5 Å². The van der Waals surface area contributed by atoms with E-state index >= 15 is 0 Å². The largest absolute Gasteiger partial charge is 0.459 e. The number of alkyl halides is 2. The molecule has 0 unspecified atom stereocenters. The Morgan fingerprint density at radius 2 is 1.44 bits per heavy atom. The summed E-state index contributed by atoms with van der Waals surface area (Å²) in [6.45, 7) is 3.57. The van der Waals surface area contributed by atoms with Crippen LogP contribution in [-0.2, 0) is 15.5 Å². The van der Waals surface area contributed by atoms with E-state index in [1.165, 1.54) is 25.0 Å². The predicted molar refractivity (Wildman–Crippen MR) is 103 cm³/mol. The minimum absolute atomic E-state index is 0.0690. The van der Waals surface area contributed by atoms with Gasteiger partial charge in [-0.15, -0.1) is 0 Å². The summed E-state index contributed by atoms with van der Waals surface area (Å²) in [7, 11) is 0. The molecule has 2 aliphatic carbocycles. The van der Waals surface area contributed by atoms with Gasteiger partial charge in [0, 0.05) is 5.56 Å². The first-order chi connectivity index (χ1) is 12.8. The van der Waals surface area contributed by atoms with Crippen LogP contribution in [0.1, 0.15) is 82.3 Å². The van der Waals surface area contributed by atoms with Crippen molar-refractivity contribution >= 4 is 5.97 Å². The third kappa shape index (κ3) is 5.30. The number of carbonyl (C=O) groups excluding carboxylic acids is 1. The van der Waals surface area contributed by atoms with Gasteiger partial charge in [-0.25, -0.2) is 0 Å². The molecule has 1 aromatic carbocycles. The summed E-state index contributed by atoms with van der Waals surface area (Å²) in [4.78, 5) is 12.1. The van der Waals surface area contributed by atoms with Crippen molar-refractivity contribution in [1.29, 1.82) is 0 Å². The van der Waals surface area contributed by atoms with Gasteiger partial charge in [0.25, 0.3) is 0 Å². The third-order valence-corrected chi connectivity index (χ3v) is 6.57. The van der Waals surface area contributed by atoms with Crippen molar-refractivity contribution in [2.24, 2.45) is 17.8 Å². The van der Waals surface area contributed by atoms with E-state index in [-0.39, 0.29) is 11.5 Å². The Labute approximate surface area is 161 Å². The van der Waals surface area contributed by atoms with Crippen LogP contribution >= 0.6 is 0 Å². The SMILES string of the molecule is CC1CCC(C(=O)OCC(F)(F)c2ccc(C3CCC(C)CC3)cc2)CC1. The topological polar surface area (TPSA) is 26.3 Å². The molecule has 0 heterocycles. The maximum absolute atomic E-state index is 14.5. The minimum atomic E-state index is -3.14. The van der Waals surface area contributed by atoms with Crippen molar-refractivity contribution in [3.63, 3.8) is 0 Å². The second kappa shape index (κ2) is 8.70. The van der Waals surface area contributed by atoms with Crippen LogP contribution in [0.15, 0.2) is 24.3 Å². The first-order valence-electron chi connectivity index (χ1n) is 10.5. The van der Waals surface area contributed by atoms with Gasteiger partial charge in [0.2, 0.25) is 0 Å². The van der Waals surface area contributed by atoms with Crippen LogP contribution in [0, 0.1) is 17.8 Å². The van der Waals surface area contributed by atoms with E-state index in [1.54, 1.807) is 0 Å². The lowest BCUT2D eigenvalue weighted by Gasteiger charge is -2.27. The van der Waals surface area contributed by atoms with Gasteiger partial charge in [-0.3, -0.25) is 4.79 Å². The summed E-state index contributed by atoms with van der Waals surface area (Å²) in [5.74, 6) is -1.96. The molecule has 0 aromatic heterocycles. The summed E-state index contributed by atoms with van der Waals surface area (Å²) in [5, 5.41) is 0. The standard InChI is InChI=1S/C23H32F2O2/c1-16-3-7-18(8-4-16)19-11-13-21(14-12-19)23(24,25)15-27-22(26)20-9-5-17(2)6-10-20/h11-14,16-18,20H,3-10,15H2,1-2H3. The van der Waals surface area contributed by atoms with Crippen molar-refractivity contribution in [2.75, 3.05) is 6.61 Å². The lowest BCUT2D eigenvalue weighted by Crippen LogP contribution is -2.28.